The lowest BCUT2D eigenvalue weighted by atomic mass is 10.1. The molecule has 1 atom stereocenters. The van der Waals surface area contributed by atoms with Crippen molar-refractivity contribution < 1.29 is 14.5 Å². The number of hydrogen-bond acceptors (Lipinski definition) is 5. The highest BCUT2D eigenvalue weighted by Crippen LogP contribution is 2.27. The second-order valence-corrected chi connectivity index (χ2v) is 5.96. The van der Waals surface area contributed by atoms with Gasteiger partial charge in [0.25, 0.3) is 0 Å². The standard InChI is InChI=1S/C17H22N4O4/c1-11-5-6-15(21(23)24)16(9-11)25-8-7-17(22)18-12(2)14-10-20(4)19-13(14)3/h5-6,9-10,12H,7-8H2,1-4H3,(H,18,22)/t12-/m0/s1. The zero-order valence-corrected chi connectivity index (χ0v) is 14.8. The molecule has 0 fully saturated rings. The number of ether oxygens (including phenoxy) is 1. The number of amides is 1. The Morgan fingerprint density at radius 2 is 2.16 bits per heavy atom. The van der Waals surface area contributed by atoms with Crippen molar-refractivity contribution in [3.63, 3.8) is 0 Å². The van der Waals surface area contributed by atoms with Crippen LogP contribution in [0.1, 0.15) is 36.2 Å². The number of carbonyl (C=O) groups is 1. The number of nitrogens with one attached hydrogen (secondary N) is 1. The van der Waals surface area contributed by atoms with Gasteiger partial charge in [-0.3, -0.25) is 19.6 Å². The van der Waals surface area contributed by atoms with Gasteiger partial charge in [0, 0.05) is 24.9 Å². The van der Waals surface area contributed by atoms with Crippen molar-refractivity contribution in [1.82, 2.24) is 15.1 Å². The van der Waals surface area contributed by atoms with Gasteiger partial charge in [0.15, 0.2) is 5.75 Å². The van der Waals surface area contributed by atoms with E-state index < -0.39 is 4.92 Å². The zero-order valence-electron chi connectivity index (χ0n) is 14.8. The third-order valence-electron chi connectivity index (χ3n) is 3.79. The van der Waals surface area contributed by atoms with Crippen LogP contribution in [0.5, 0.6) is 5.75 Å². The lowest BCUT2D eigenvalue weighted by Gasteiger charge is -2.13. The summed E-state index contributed by atoms with van der Waals surface area (Å²) in [4.78, 5) is 22.6. The Morgan fingerprint density at radius 3 is 2.76 bits per heavy atom. The minimum atomic E-state index is -0.498. The Labute approximate surface area is 145 Å². The van der Waals surface area contributed by atoms with E-state index in [4.69, 9.17) is 4.74 Å². The predicted octanol–water partition coefficient (Wildman–Crippen LogP) is 2.59. The van der Waals surface area contributed by atoms with Gasteiger partial charge in [-0.05, 0) is 32.4 Å². The number of aromatic nitrogens is 2. The third kappa shape index (κ3) is 4.79. The average molecular weight is 346 g/mol. The fraction of sp³-hybridized carbons (Fsp3) is 0.412. The predicted molar refractivity (Wildman–Crippen MR) is 92.4 cm³/mol. The molecular formula is C17H22N4O4. The van der Waals surface area contributed by atoms with Gasteiger partial charge in [0.2, 0.25) is 5.91 Å². The molecule has 1 heterocycles. The van der Waals surface area contributed by atoms with Crippen LogP contribution >= 0.6 is 0 Å². The fourth-order valence-corrected chi connectivity index (χ4v) is 2.58. The van der Waals surface area contributed by atoms with Gasteiger partial charge in [-0.25, -0.2) is 0 Å². The van der Waals surface area contributed by atoms with Gasteiger partial charge in [0.1, 0.15) is 0 Å². The van der Waals surface area contributed by atoms with Crippen molar-refractivity contribution in [3.8, 4) is 5.75 Å². The van der Waals surface area contributed by atoms with Crippen LogP contribution in [0.2, 0.25) is 0 Å². The Bertz CT molecular complexity index is 785. The molecule has 134 valence electrons. The fourth-order valence-electron chi connectivity index (χ4n) is 2.58. The van der Waals surface area contributed by atoms with Crippen LogP contribution in [0, 0.1) is 24.0 Å². The first-order chi connectivity index (χ1) is 11.8. The van der Waals surface area contributed by atoms with E-state index in [1.165, 1.54) is 6.07 Å². The molecule has 8 heteroatoms. The Balaban J connectivity index is 1.90. The number of nitrogens with zero attached hydrogens (tertiary/aromatic N) is 3. The summed E-state index contributed by atoms with van der Waals surface area (Å²) in [6, 6.07) is 4.47. The van der Waals surface area contributed by atoms with Gasteiger partial charge in [-0.1, -0.05) is 6.07 Å². The first kappa shape index (κ1) is 18.4. The van der Waals surface area contributed by atoms with Crippen LogP contribution < -0.4 is 10.1 Å². The van der Waals surface area contributed by atoms with E-state index in [0.29, 0.717) is 0 Å². The van der Waals surface area contributed by atoms with Crippen molar-refractivity contribution in [2.45, 2.75) is 33.2 Å². The quantitative estimate of drug-likeness (QED) is 0.613. The lowest BCUT2D eigenvalue weighted by Crippen LogP contribution is -2.28. The van der Waals surface area contributed by atoms with Gasteiger partial charge >= 0.3 is 5.69 Å². The molecule has 0 aliphatic rings. The molecule has 0 aliphatic heterocycles. The second-order valence-electron chi connectivity index (χ2n) is 5.96. The molecule has 0 unspecified atom stereocenters. The molecule has 1 amide bonds. The summed E-state index contributed by atoms with van der Waals surface area (Å²) in [6.07, 6.45) is 1.97. The zero-order chi connectivity index (χ0) is 18.6. The molecule has 1 N–H and O–H groups in total. The summed E-state index contributed by atoms with van der Waals surface area (Å²) in [5.41, 5.74) is 2.56. The van der Waals surface area contributed by atoms with Crippen LogP contribution in [-0.4, -0.2) is 27.2 Å². The SMILES string of the molecule is Cc1ccc([N+](=O)[O-])c(OCCC(=O)N[C@@H](C)c2cn(C)nc2C)c1. The summed E-state index contributed by atoms with van der Waals surface area (Å²) >= 11 is 0. The van der Waals surface area contributed by atoms with Crippen LogP contribution in [0.3, 0.4) is 0 Å². The highest BCUT2D eigenvalue weighted by molar-refractivity contribution is 5.76. The van der Waals surface area contributed by atoms with Crippen LogP contribution in [0.4, 0.5) is 5.69 Å². The number of aryl methyl sites for hydroxylation is 3. The maximum absolute atomic E-state index is 12.1. The third-order valence-corrected chi connectivity index (χ3v) is 3.79. The number of carbonyl (C=O) groups excluding carboxylic acids is 1. The molecule has 0 spiro atoms. The summed E-state index contributed by atoms with van der Waals surface area (Å²) in [5.74, 6) is -0.0139. The topological polar surface area (TPSA) is 99.3 Å². The monoisotopic (exact) mass is 346 g/mol. The number of hydrogen-bond donors (Lipinski definition) is 1. The molecule has 2 rings (SSSR count). The molecule has 0 aliphatic carbocycles. The van der Waals surface area contributed by atoms with E-state index in [9.17, 15) is 14.9 Å². The maximum atomic E-state index is 12.1. The number of nitro groups is 1. The number of benzene rings is 1. The molecule has 2 aromatic rings. The largest absolute Gasteiger partial charge is 0.486 e. The van der Waals surface area contributed by atoms with Gasteiger partial charge < -0.3 is 10.1 Å². The molecule has 0 bridgehead atoms. The molecule has 1 aromatic carbocycles. The van der Waals surface area contributed by atoms with Gasteiger partial charge in [-0.2, -0.15) is 5.10 Å². The first-order valence-electron chi connectivity index (χ1n) is 7.95. The summed E-state index contributed by atoms with van der Waals surface area (Å²) in [5, 5.41) is 18.1. The Hall–Kier alpha value is -2.90. The van der Waals surface area contributed by atoms with Crippen LogP contribution in [-0.2, 0) is 11.8 Å². The Kier molecular flexibility index (Phi) is 5.74. The maximum Gasteiger partial charge on any atom is 0.310 e. The summed E-state index contributed by atoms with van der Waals surface area (Å²) in [6.45, 7) is 5.65. The van der Waals surface area contributed by atoms with Gasteiger partial charge in [0.05, 0.1) is 29.7 Å². The van der Waals surface area contributed by atoms with E-state index in [-0.39, 0.29) is 36.4 Å². The van der Waals surface area contributed by atoms with Crippen molar-refractivity contribution in [2.75, 3.05) is 6.61 Å². The minimum Gasteiger partial charge on any atom is -0.486 e. The second kappa shape index (κ2) is 7.78. The van der Waals surface area contributed by atoms with E-state index in [2.05, 4.69) is 10.4 Å². The van der Waals surface area contributed by atoms with Gasteiger partial charge in [-0.15, -0.1) is 0 Å². The van der Waals surface area contributed by atoms with Crippen LogP contribution in [0.15, 0.2) is 24.4 Å². The molecule has 8 nitrogen and oxygen atoms in total. The highest BCUT2D eigenvalue weighted by atomic mass is 16.6. The summed E-state index contributed by atoms with van der Waals surface area (Å²) in [7, 11) is 1.83. The molecule has 1 aromatic heterocycles. The van der Waals surface area contributed by atoms with Crippen molar-refractivity contribution in [3.05, 3.63) is 51.3 Å². The van der Waals surface area contributed by atoms with Crippen molar-refractivity contribution in [2.24, 2.45) is 7.05 Å². The highest BCUT2D eigenvalue weighted by Gasteiger charge is 2.17. The van der Waals surface area contributed by atoms with Crippen molar-refractivity contribution in [1.29, 1.82) is 0 Å². The minimum absolute atomic E-state index is 0.0644. The lowest BCUT2D eigenvalue weighted by molar-refractivity contribution is -0.385. The average Bonchev–Trinajstić information content (AvgIpc) is 2.85. The molecule has 0 saturated carbocycles. The number of rotatable bonds is 7. The number of nitro benzene ring substituents is 1. The molecule has 0 saturated heterocycles. The van der Waals surface area contributed by atoms with Crippen LogP contribution in [0.25, 0.3) is 0 Å². The molecular weight excluding hydrogens is 324 g/mol. The van der Waals surface area contributed by atoms with E-state index in [0.717, 1.165) is 16.8 Å². The van der Waals surface area contributed by atoms with E-state index in [1.807, 2.05) is 34.0 Å². The normalized spacial score (nSPS) is 11.8. The van der Waals surface area contributed by atoms with E-state index >= 15 is 0 Å². The van der Waals surface area contributed by atoms with Crippen molar-refractivity contribution >= 4 is 11.6 Å². The van der Waals surface area contributed by atoms with E-state index in [1.54, 1.807) is 16.8 Å². The first-order valence-corrected chi connectivity index (χ1v) is 7.95. The molecule has 25 heavy (non-hydrogen) atoms. The molecule has 0 radical (unpaired) electrons. The Morgan fingerprint density at radius 1 is 1.44 bits per heavy atom. The smallest absolute Gasteiger partial charge is 0.310 e. The summed E-state index contributed by atoms with van der Waals surface area (Å²) < 4.78 is 7.15.